The number of carbonyl (C=O) groups is 4. The van der Waals surface area contributed by atoms with Gasteiger partial charge in [0.2, 0.25) is 0 Å². The van der Waals surface area contributed by atoms with E-state index >= 15 is 0 Å². The summed E-state index contributed by atoms with van der Waals surface area (Å²) in [4.78, 5) is 46.9. The molecular weight excluding hydrogens is 2220 g/mol. The minimum atomic E-state index is -0.736. The fourth-order valence-corrected chi connectivity index (χ4v) is 15.3. The highest BCUT2D eigenvalue weighted by molar-refractivity contribution is 14.1. The van der Waals surface area contributed by atoms with Gasteiger partial charge >= 0.3 is 11.9 Å². The molecule has 0 aliphatic heterocycles. The van der Waals surface area contributed by atoms with E-state index in [0.717, 1.165) is 0 Å². The number of benzene rings is 8. The summed E-state index contributed by atoms with van der Waals surface area (Å²) in [6, 6.07) is 32.8. The largest absolute Gasteiger partial charge is 0.506 e. The molecule has 0 amide bonds. The van der Waals surface area contributed by atoms with Gasteiger partial charge in [0.05, 0.1) is 158 Å². The van der Waals surface area contributed by atoms with Crippen molar-refractivity contribution in [1.29, 1.82) is 21.0 Å². The summed E-state index contributed by atoms with van der Waals surface area (Å²) in [6.45, 7) is 0. The SMILES string of the molecule is COc1c(Cl)ccc(Cl)c1C(=O)Cl.COc1c(Cl)ccc(Cl)c1C(=O)Cl.COc1c(Cl)ccc(Cl)c1C(=O)Oc1c(Br)cc(C#N)cc1Br.COc1c(Cl)ccc(Cl)c1C(=O)Oc1c(I)cc(C#N)cc1I.Cl.Cl.N#Cc1cc(Br)c(O)c(Br)c1.N#Cc1cc(I)c(O)c(I)c1. The van der Waals surface area contributed by atoms with E-state index in [-0.39, 0.29) is 117 Å². The maximum absolute atomic E-state index is 12.5. The number of phenols is 2. The standard InChI is InChI=1S/C15H7Br2Cl2NO3.C15H7Cl2I2NO3.2C8H5Cl3O2.C7H3Br2NO.C7H3I2NO.2ClH/c1-22-14-11(19)3-2-10(18)12(14)15(21)23-13-8(16)4-7(6-20)5-9(13)17;1-22-13-9(17)3-2-8(16)12(13)15(21)23-14-10(18)4-7(6-20)5-11(14)19;2*1-13-7-5(10)3-2-4(9)6(7)8(11)12;2*8-5-1-4(3-10)2-6(9)7(5)11;;/h2*2-5H,1H3;2*2-3H,1H3;2*1-2,11H;2*1H. The Morgan fingerprint density at radius 2 is 0.594 bits per heavy atom. The summed E-state index contributed by atoms with van der Waals surface area (Å²) >= 11 is 78.5. The van der Waals surface area contributed by atoms with Gasteiger partial charge in [0, 0.05) is 0 Å². The lowest BCUT2D eigenvalue weighted by molar-refractivity contribution is 0.0719. The summed E-state index contributed by atoms with van der Waals surface area (Å²) in [7, 11) is 5.55. The fourth-order valence-electron chi connectivity index (χ4n) is 6.67. The summed E-state index contributed by atoms with van der Waals surface area (Å²) in [5.74, 6) is 0.209. The zero-order chi connectivity index (χ0) is 71.2. The smallest absolute Gasteiger partial charge is 0.349 e. The average molecular weight is 2250 g/mol. The van der Waals surface area contributed by atoms with Crippen molar-refractivity contribution in [3.63, 3.8) is 0 Å². The Balaban J connectivity index is 0.000000590. The van der Waals surface area contributed by atoms with Gasteiger partial charge in [0.15, 0.2) is 34.5 Å². The minimum absolute atomic E-state index is 0. The molecule has 0 fully saturated rings. The number of nitrogens with zero attached hydrogens (tertiary/aromatic N) is 4. The number of methoxy groups -OCH3 is 4. The molecule has 0 unspecified atom stereocenters. The van der Waals surface area contributed by atoms with Crippen molar-refractivity contribution in [3.05, 3.63) is 214 Å². The summed E-state index contributed by atoms with van der Waals surface area (Å²) in [6.07, 6.45) is 0. The Morgan fingerprint density at radius 3 is 0.854 bits per heavy atom. The Bertz CT molecular complexity index is 4060. The molecule has 0 atom stereocenters. The summed E-state index contributed by atoms with van der Waals surface area (Å²) in [5, 5.41) is 53.9. The second-order valence-electron chi connectivity index (χ2n) is 16.6. The Kier molecular flexibility index (Phi) is 42.2. The van der Waals surface area contributed by atoms with Gasteiger partial charge in [0.25, 0.3) is 10.5 Å². The highest BCUT2D eigenvalue weighted by Crippen LogP contribution is 2.41. The number of ether oxygens (including phenoxy) is 6. The normalized spacial score (nSPS) is 9.60. The zero-order valence-corrected chi connectivity index (χ0v) is 71.8. The quantitative estimate of drug-likeness (QED) is 0.0558. The van der Waals surface area contributed by atoms with Crippen LogP contribution in [0.5, 0.6) is 46.0 Å². The first-order chi connectivity index (χ1) is 44.2. The van der Waals surface area contributed by atoms with Crippen LogP contribution in [0.2, 0.25) is 40.2 Å². The van der Waals surface area contributed by atoms with E-state index in [2.05, 4.69) is 63.7 Å². The lowest BCUT2D eigenvalue weighted by Gasteiger charge is -2.13. The monoisotopic (exact) mass is 2240 g/mol. The second-order valence-corrected chi connectivity index (χ2v) is 28.6. The number of hydrogen-bond donors (Lipinski definition) is 2. The van der Waals surface area contributed by atoms with Crippen molar-refractivity contribution in [1.82, 2.24) is 0 Å². The van der Waals surface area contributed by atoms with Gasteiger partial charge in [-0.3, -0.25) is 9.59 Å². The first-order valence-corrected chi connectivity index (χ1v) is 35.4. The van der Waals surface area contributed by atoms with Crippen LogP contribution in [0.25, 0.3) is 0 Å². The first-order valence-electron chi connectivity index (χ1n) is 24.1. The topological polar surface area (TPSA) is 259 Å². The molecule has 0 bridgehead atoms. The number of rotatable bonds is 10. The van der Waals surface area contributed by atoms with Crippen molar-refractivity contribution in [2.24, 2.45) is 0 Å². The number of hydrogen-bond acceptors (Lipinski definition) is 16. The molecule has 8 aromatic carbocycles. The number of esters is 2. The van der Waals surface area contributed by atoms with Crippen molar-refractivity contribution in [3.8, 4) is 70.3 Å². The fraction of sp³-hybridized carbons (Fsp3) is 0.0667. The van der Waals surface area contributed by atoms with Crippen LogP contribution in [-0.2, 0) is 0 Å². The number of aromatic hydroxyl groups is 2. The van der Waals surface area contributed by atoms with Gasteiger partial charge in [0.1, 0.15) is 22.6 Å². The van der Waals surface area contributed by atoms with Crippen molar-refractivity contribution in [2.75, 3.05) is 28.4 Å². The molecule has 96 heavy (non-hydrogen) atoms. The van der Waals surface area contributed by atoms with E-state index in [4.69, 9.17) is 165 Å². The van der Waals surface area contributed by atoms with Crippen LogP contribution in [-0.4, -0.2) is 61.1 Å². The molecule has 0 aliphatic rings. The van der Waals surface area contributed by atoms with Crippen LogP contribution in [0.3, 0.4) is 0 Å². The Hall–Kier alpha value is -2.88. The molecule has 8 rings (SSSR count). The lowest BCUT2D eigenvalue weighted by Crippen LogP contribution is -2.13. The second kappa shape index (κ2) is 44.5. The molecular formula is C60H32Br4Cl12I4N4O12. The molecule has 0 saturated heterocycles. The molecule has 2 N–H and O–H groups in total. The Morgan fingerprint density at radius 1 is 0.365 bits per heavy atom. The number of nitriles is 4. The van der Waals surface area contributed by atoms with E-state index in [1.807, 2.05) is 115 Å². The molecule has 36 heteroatoms. The minimum Gasteiger partial charge on any atom is -0.506 e. The van der Waals surface area contributed by atoms with Gasteiger partial charge < -0.3 is 38.6 Å². The van der Waals surface area contributed by atoms with Gasteiger partial charge in [-0.25, -0.2) is 9.59 Å². The van der Waals surface area contributed by atoms with E-state index in [0.29, 0.717) is 70.2 Å². The van der Waals surface area contributed by atoms with E-state index in [1.165, 1.54) is 89.1 Å². The third kappa shape index (κ3) is 25.9. The maximum Gasteiger partial charge on any atom is 0.349 e. The predicted octanol–water partition coefficient (Wildman–Crippen LogP) is 23.8. The summed E-state index contributed by atoms with van der Waals surface area (Å²) < 4.78 is 35.5. The molecule has 8 aromatic rings. The van der Waals surface area contributed by atoms with E-state index in [9.17, 15) is 29.4 Å². The Labute approximate surface area is 699 Å². The van der Waals surface area contributed by atoms with Crippen LogP contribution in [0, 0.1) is 59.6 Å². The van der Waals surface area contributed by atoms with Gasteiger partial charge in [-0.1, -0.05) is 92.8 Å². The third-order valence-corrected chi connectivity index (χ3v) is 19.3. The van der Waals surface area contributed by atoms with Crippen LogP contribution in [0.15, 0.2) is 115 Å². The number of halogens is 20. The lowest BCUT2D eigenvalue weighted by atomic mass is 10.2. The van der Waals surface area contributed by atoms with Crippen molar-refractivity contribution in [2.45, 2.75) is 0 Å². The van der Waals surface area contributed by atoms with Crippen molar-refractivity contribution >= 4 is 317 Å². The molecule has 504 valence electrons. The molecule has 0 saturated carbocycles. The molecule has 16 nitrogen and oxygen atoms in total. The van der Waals surface area contributed by atoms with Gasteiger partial charge in [-0.05, 0) is 274 Å². The predicted molar refractivity (Wildman–Crippen MR) is 426 cm³/mol. The zero-order valence-electron chi connectivity index (χ0n) is 47.6. The molecule has 0 spiro atoms. The third-order valence-electron chi connectivity index (χ3n) is 10.8. The van der Waals surface area contributed by atoms with Crippen LogP contribution in [0.4, 0.5) is 0 Å². The molecule has 0 heterocycles. The number of carbonyl (C=O) groups excluding carboxylic acids is 4. The first kappa shape index (κ1) is 91.1. The molecule has 0 aliphatic carbocycles. The summed E-state index contributed by atoms with van der Waals surface area (Å²) in [5.41, 5.74) is 2.23. The highest BCUT2D eigenvalue weighted by Gasteiger charge is 2.26. The van der Waals surface area contributed by atoms with Crippen molar-refractivity contribution < 1.29 is 57.8 Å². The van der Waals surface area contributed by atoms with Gasteiger partial charge in [-0.2, -0.15) is 21.0 Å². The average Bonchev–Trinajstić information content (AvgIpc) is 0.830. The molecule has 0 aromatic heterocycles. The number of phenolic OH excluding ortho intramolecular Hbond substituents is 2. The van der Waals surface area contributed by atoms with Crippen LogP contribution >= 0.6 is 295 Å². The van der Waals surface area contributed by atoms with Gasteiger partial charge in [-0.15, -0.1) is 24.8 Å². The van der Waals surface area contributed by atoms with Crippen LogP contribution in [0.1, 0.15) is 63.7 Å². The maximum atomic E-state index is 12.5. The van der Waals surface area contributed by atoms with E-state index in [1.54, 1.807) is 36.4 Å². The van der Waals surface area contributed by atoms with E-state index < -0.39 is 22.4 Å². The van der Waals surface area contributed by atoms with Crippen LogP contribution < -0.4 is 28.4 Å². The highest BCUT2D eigenvalue weighted by atomic mass is 127. The molecule has 0 radical (unpaired) electrons.